The molecular weight excluding hydrogens is 499 g/mol. The SMILES string of the molecule is Cc1nc(C(=O)[C@@H](Nc2nc3cc(F)c(F)cc3cc2C#N)C2CCCCN2)c(-c2ccc(F)cc2)s1. The second-order valence-corrected chi connectivity index (χ2v) is 10.1. The number of carbonyl (C=O) groups is 1. The minimum atomic E-state index is -1.06. The molecule has 3 heterocycles. The molecular formula is C27H22F3N5OS. The van der Waals surface area contributed by atoms with E-state index in [0.29, 0.717) is 21.9 Å². The molecule has 0 aliphatic carbocycles. The summed E-state index contributed by atoms with van der Waals surface area (Å²) in [5.74, 6) is -2.68. The fraction of sp³-hybridized carbons (Fsp3) is 0.259. The number of benzene rings is 2. The predicted octanol–water partition coefficient (Wildman–Crippen LogP) is 5.76. The van der Waals surface area contributed by atoms with E-state index in [1.165, 1.54) is 29.5 Å². The highest BCUT2D eigenvalue weighted by atomic mass is 32.1. The summed E-state index contributed by atoms with van der Waals surface area (Å²) in [6.07, 6.45) is 2.58. The van der Waals surface area contributed by atoms with Gasteiger partial charge < -0.3 is 10.6 Å². The fourth-order valence-electron chi connectivity index (χ4n) is 4.56. The normalized spacial score (nSPS) is 16.4. The van der Waals surface area contributed by atoms with Crippen molar-refractivity contribution in [2.45, 2.75) is 38.3 Å². The van der Waals surface area contributed by atoms with Gasteiger partial charge in [-0.3, -0.25) is 4.79 Å². The first-order chi connectivity index (χ1) is 17.8. The van der Waals surface area contributed by atoms with E-state index in [2.05, 4.69) is 20.6 Å². The van der Waals surface area contributed by atoms with E-state index >= 15 is 0 Å². The van der Waals surface area contributed by atoms with Crippen molar-refractivity contribution in [3.05, 3.63) is 76.2 Å². The van der Waals surface area contributed by atoms with Gasteiger partial charge in [-0.1, -0.05) is 18.6 Å². The number of aryl methyl sites for hydroxylation is 1. The zero-order valence-corrected chi connectivity index (χ0v) is 20.6. The number of carbonyl (C=O) groups excluding carboxylic acids is 1. The smallest absolute Gasteiger partial charge is 0.206 e. The van der Waals surface area contributed by atoms with Gasteiger partial charge in [0.1, 0.15) is 29.4 Å². The van der Waals surface area contributed by atoms with E-state index in [0.717, 1.165) is 31.5 Å². The van der Waals surface area contributed by atoms with Crippen LogP contribution in [0.5, 0.6) is 0 Å². The summed E-state index contributed by atoms with van der Waals surface area (Å²) in [5, 5.41) is 17.2. The van der Waals surface area contributed by atoms with Crippen LogP contribution in [0.3, 0.4) is 0 Å². The standard InChI is InChI=1S/C27H22F3N5OS/c1-14-33-24(26(37-14)15-5-7-18(28)8-6-15)25(36)23(21-4-2-3-9-32-21)35-27-17(13-31)10-16-11-19(29)20(30)12-22(16)34-27/h5-8,10-12,21,23,32H,2-4,9H2,1H3,(H,34,35)/t21?,23-/m0/s1. The van der Waals surface area contributed by atoms with Gasteiger partial charge in [0.25, 0.3) is 0 Å². The molecule has 1 saturated heterocycles. The Hall–Kier alpha value is -3.81. The topological polar surface area (TPSA) is 90.7 Å². The predicted molar refractivity (Wildman–Crippen MR) is 136 cm³/mol. The van der Waals surface area contributed by atoms with E-state index in [4.69, 9.17) is 0 Å². The lowest BCUT2D eigenvalue weighted by Crippen LogP contribution is -2.51. The molecule has 10 heteroatoms. The van der Waals surface area contributed by atoms with Crippen LogP contribution in [0.4, 0.5) is 19.0 Å². The van der Waals surface area contributed by atoms with Crippen molar-refractivity contribution in [3.8, 4) is 16.5 Å². The van der Waals surface area contributed by atoms with Gasteiger partial charge in [0.2, 0.25) is 5.78 Å². The van der Waals surface area contributed by atoms with Crippen LogP contribution in [0.2, 0.25) is 0 Å². The number of Topliss-reactive ketones (excluding diaryl/α,β-unsaturated/α-hetero) is 1. The Morgan fingerprint density at radius 2 is 1.89 bits per heavy atom. The number of pyridine rings is 1. The summed E-state index contributed by atoms with van der Waals surface area (Å²) in [4.78, 5) is 23.5. The summed E-state index contributed by atoms with van der Waals surface area (Å²) in [7, 11) is 0. The van der Waals surface area contributed by atoms with Crippen molar-refractivity contribution in [2.75, 3.05) is 11.9 Å². The Balaban J connectivity index is 1.57. The molecule has 2 aromatic carbocycles. The molecule has 0 radical (unpaired) electrons. The van der Waals surface area contributed by atoms with Crippen LogP contribution in [0, 0.1) is 35.7 Å². The molecule has 0 spiro atoms. The highest BCUT2D eigenvalue weighted by Gasteiger charge is 2.34. The molecule has 1 aliphatic rings. The molecule has 0 bridgehead atoms. The molecule has 1 aliphatic heterocycles. The van der Waals surface area contributed by atoms with Crippen LogP contribution in [0.15, 0.2) is 42.5 Å². The molecule has 1 unspecified atom stereocenters. The molecule has 6 nitrogen and oxygen atoms in total. The van der Waals surface area contributed by atoms with Crippen molar-refractivity contribution < 1.29 is 18.0 Å². The van der Waals surface area contributed by atoms with Gasteiger partial charge in [-0.05, 0) is 56.1 Å². The number of thiazole rings is 1. The molecule has 0 saturated carbocycles. The van der Waals surface area contributed by atoms with Gasteiger partial charge in [0, 0.05) is 17.5 Å². The van der Waals surface area contributed by atoms with Gasteiger partial charge >= 0.3 is 0 Å². The van der Waals surface area contributed by atoms with E-state index in [-0.39, 0.29) is 45.6 Å². The van der Waals surface area contributed by atoms with Crippen molar-refractivity contribution in [3.63, 3.8) is 0 Å². The zero-order valence-electron chi connectivity index (χ0n) is 19.8. The molecule has 0 amide bonds. The Labute approximate surface area is 215 Å². The number of nitrogens with zero attached hydrogens (tertiary/aromatic N) is 3. The average molecular weight is 522 g/mol. The molecule has 188 valence electrons. The highest BCUT2D eigenvalue weighted by Crippen LogP contribution is 2.33. The molecule has 2 N–H and O–H groups in total. The number of fused-ring (bicyclic) bond motifs is 1. The number of aromatic nitrogens is 2. The third-order valence-electron chi connectivity index (χ3n) is 6.38. The quantitative estimate of drug-likeness (QED) is 0.314. The first-order valence-corrected chi connectivity index (χ1v) is 12.6. The number of nitrogens with one attached hydrogen (secondary N) is 2. The number of nitriles is 1. The Morgan fingerprint density at radius 1 is 1.14 bits per heavy atom. The maximum Gasteiger partial charge on any atom is 0.206 e. The Kier molecular flexibility index (Phi) is 6.91. The number of hydrogen-bond acceptors (Lipinski definition) is 7. The van der Waals surface area contributed by atoms with Crippen molar-refractivity contribution in [1.82, 2.24) is 15.3 Å². The summed E-state index contributed by atoms with van der Waals surface area (Å²) in [5.41, 5.74) is 1.16. The maximum absolute atomic E-state index is 14.0. The molecule has 5 rings (SSSR count). The molecule has 1 fully saturated rings. The van der Waals surface area contributed by atoms with Crippen molar-refractivity contribution in [1.29, 1.82) is 5.26 Å². The van der Waals surface area contributed by atoms with Gasteiger partial charge in [0.05, 0.1) is 21.0 Å². The largest absolute Gasteiger partial charge is 0.357 e. The lowest BCUT2D eigenvalue weighted by Gasteiger charge is -2.31. The van der Waals surface area contributed by atoms with Crippen molar-refractivity contribution in [2.24, 2.45) is 0 Å². The van der Waals surface area contributed by atoms with Crippen LogP contribution in [-0.4, -0.2) is 34.4 Å². The summed E-state index contributed by atoms with van der Waals surface area (Å²) >= 11 is 1.34. The van der Waals surface area contributed by atoms with Crippen LogP contribution in [0.25, 0.3) is 21.3 Å². The number of ketones is 1. The molecule has 2 aromatic heterocycles. The number of piperidine rings is 1. The Morgan fingerprint density at radius 3 is 2.59 bits per heavy atom. The van der Waals surface area contributed by atoms with Crippen LogP contribution < -0.4 is 10.6 Å². The monoisotopic (exact) mass is 521 g/mol. The van der Waals surface area contributed by atoms with Gasteiger partial charge in [-0.2, -0.15) is 5.26 Å². The Bertz CT molecular complexity index is 1520. The fourth-order valence-corrected chi connectivity index (χ4v) is 5.49. The lowest BCUT2D eigenvalue weighted by molar-refractivity contribution is 0.0942. The molecule has 4 aromatic rings. The minimum absolute atomic E-state index is 0.0975. The van der Waals surface area contributed by atoms with E-state index < -0.39 is 17.7 Å². The van der Waals surface area contributed by atoms with E-state index in [9.17, 15) is 23.2 Å². The highest BCUT2D eigenvalue weighted by molar-refractivity contribution is 7.15. The number of halogens is 3. The van der Waals surface area contributed by atoms with Crippen LogP contribution in [0.1, 0.15) is 40.3 Å². The second kappa shape index (κ2) is 10.3. The number of rotatable bonds is 6. The first kappa shape index (κ1) is 24.9. The minimum Gasteiger partial charge on any atom is -0.357 e. The van der Waals surface area contributed by atoms with E-state index in [1.807, 2.05) is 6.07 Å². The maximum atomic E-state index is 14.0. The van der Waals surface area contributed by atoms with Gasteiger partial charge in [-0.25, -0.2) is 23.1 Å². The van der Waals surface area contributed by atoms with E-state index in [1.54, 1.807) is 19.1 Å². The summed E-state index contributed by atoms with van der Waals surface area (Å²) in [6.45, 7) is 2.51. The molecule has 37 heavy (non-hydrogen) atoms. The van der Waals surface area contributed by atoms with Crippen molar-refractivity contribution >= 4 is 33.8 Å². The van der Waals surface area contributed by atoms with Crippen LogP contribution >= 0.6 is 11.3 Å². The summed E-state index contributed by atoms with van der Waals surface area (Å²) in [6, 6.07) is 10.1. The first-order valence-electron chi connectivity index (χ1n) is 11.8. The second-order valence-electron chi connectivity index (χ2n) is 8.92. The third kappa shape index (κ3) is 5.05. The average Bonchev–Trinajstić information content (AvgIpc) is 3.29. The third-order valence-corrected chi connectivity index (χ3v) is 7.40. The number of anilines is 1. The van der Waals surface area contributed by atoms with Crippen LogP contribution in [-0.2, 0) is 0 Å². The van der Waals surface area contributed by atoms with Gasteiger partial charge in [0.15, 0.2) is 11.6 Å². The zero-order chi connectivity index (χ0) is 26.1. The molecule has 2 atom stereocenters. The summed E-state index contributed by atoms with van der Waals surface area (Å²) < 4.78 is 41.2. The number of hydrogen-bond donors (Lipinski definition) is 2. The van der Waals surface area contributed by atoms with Gasteiger partial charge in [-0.15, -0.1) is 11.3 Å². The lowest BCUT2D eigenvalue weighted by atomic mass is 9.92.